The molecule has 0 atom stereocenters. The molecular weight excluding hydrogens is 492 g/mol. The van der Waals surface area contributed by atoms with E-state index in [0.717, 1.165) is 6.07 Å². The summed E-state index contributed by atoms with van der Waals surface area (Å²) in [6.45, 7) is 3.08. The van der Waals surface area contributed by atoms with Crippen LogP contribution in [-0.2, 0) is 0 Å². The van der Waals surface area contributed by atoms with Crippen LogP contribution in [0.5, 0.6) is 0 Å². The van der Waals surface area contributed by atoms with E-state index in [-0.39, 0.29) is 40.2 Å². The Morgan fingerprint density at radius 3 is 1.86 bits per heavy atom. The maximum absolute atomic E-state index is 11.4. The van der Waals surface area contributed by atoms with E-state index in [9.17, 15) is 39.4 Å². The van der Waals surface area contributed by atoms with E-state index in [1.165, 1.54) is 24.0 Å². The van der Waals surface area contributed by atoms with Crippen molar-refractivity contribution >= 4 is 39.1 Å². The number of nitro benzene ring substituents is 2. The van der Waals surface area contributed by atoms with Gasteiger partial charge < -0.3 is 24.8 Å². The number of aromatic amines is 4. The lowest BCUT2D eigenvalue weighted by atomic mass is 10.1. The van der Waals surface area contributed by atoms with Crippen LogP contribution in [0.25, 0.3) is 22.1 Å². The summed E-state index contributed by atoms with van der Waals surface area (Å²) in [7, 11) is 1.55. The Morgan fingerprint density at radius 2 is 1.35 bits per heavy atom. The molecule has 0 spiro atoms. The Morgan fingerprint density at radius 1 is 0.838 bits per heavy atom. The standard InChI is InChI=1S/C11H9N5O4.C10H9N3O4/c1-15(3-2-12)8-5-6(16(19)20)4-7-9(8)14-11(18)10(17)13-7;1-4-3-6-7(5(2)8(4)13(16)17)12-10(15)9(14)11-6/h4-5H,3H2,1H3,(H,13,17)(H,14,18);3H,1-2H3,(H,11,14)(H,12,15). The molecule has 16 nitrogen and oxygen atoms in total. The molecule has 0 unspecified atom stereocenters. The SMILES string of the molecule is CN(CC#N)c1cc([N+](=O)[O-])cc2[nH]c(=O)c(=O)[nH]c12.Cc1cc2[nH]c(=O)c(=O)[nH]c2c(C)c1[N+](=O)[O-]. The molecule has 0 radical (unpaired) electrons. The molecule has 0 amide bonds. The van der Waals surface area contributed by atoms with Crippen LogP contribution in [0.3, 0.4) is 0 Å². The van der Waals surface area contributed by atoms with Gasteiger partial charge in [-0.05, 0) is 19.9 Å². The predicted octanol–water partition coefficient (Wildman–Crippen LogP) is 0.826. The topological polar surface area (TPSA) is 245 Å². The molecule has 2 aromatic carbocycles. The number of fused-ring (bicyclic) bond motifs is 2. The van der Waals surface area contributed by atoms with Crippen LogP contribution in [0, 0.1) is 45.4 Å². The number of nitro groups is 2. The summed E-state index contributed by atoms with van der Waals surface area (Å²) in [5, 5.41) is 30.5. The third-order valence-corrected chi connectivity index (χ3v) is 5.33. The number of hydrogen-bond donors (Lipinski definition) is 4. The molecule has 0 saturated carbocycles. The van der Waals surface area contributed by atoms with Crippen LogP contribution in [0.4, 0.5) is 17.1 Å². The molecule has 2 heterocycles. The molecule has 0 saturated heterocycles. The molecule has 190 valence electrons. The fourth-order valence-electron chi connectivity index (χ4n) is 3.65. The van der Waals surface area contributed by atoms with E-state index in [2.05, 4.69) is 19.9 Å². The molecule has 37 heavy (non-hydrogen) atoms. The fourth-order valence-corrected chi connectivity index (χ4v) is 3.65. The summed E-state index contributed by atoms with van der Waals surface area (Å²) in [6.07, 6.45) is 0. The minimum absolute atomic E-state index is 0.0303. The highest BCUT2D eigenvalue weighted by Crippen LogP contribution is 2.28. The van der Waals surface area contributed by atoms with Crippen molar-refractivity contribution in [2.45, 2.75) is 13.8 Å². The highest BCUT2D eigenvalue weighted by Gasteiger charge is 2.19. The molecule has 2 aromatic heterocycles. The number of rotatable bonds is 4. The fraction of sp³-hybridized carbons (Fsp3) is 0.190. The van der Waals surface area contributed by atoms with Gasteiger partial charge in [-0.25, -0.2) is 0 Å². The van der Waals surface area contributed by atoms with Crippen LogP contribution < -0.4 is 27.1 Å². The van der Waals surface area contributed by atoms with Crippen molar-refractivity contribution in [2.24, 2.45) is 0 Å². The summed E-state index contributed by atoms with van der Waals surface area (Å²) in [6, 6.07) is 5.75. The van der Waals surface area contributed by atoms with E-state index >= 15 is 0 Å². The molecule has 0 aliphatic heterocycles. The first kappa shape index (κ1) is 26.0. The van der Waals surface area contributed by atoms with Crippen LogP contribution in [0.2, 0.25) is 0 Å². The maximum Gasteiger partial charge on any atom is 0.314 e. The van der Waals surface area contributed by atoms with E-state index in [1.807, 2.05) is 6.07 Å². The Labute approximate surface area is 204 Å². The Kier molecular flexibility index (Phi) is 7.00. The van der Waals surface area contributed by atoms with Crippen molar-refractivity contribution in [2.75, 3.05) is 18.5 Å². The molecule has 4 rings (SSSR count). The van der Waals surface area contributed by atoms with Crippen molar-refractivity contribution in [1.82, 2.24) is 19.9 Å². The number of anilines is 1. The summed E-state index contributed by atoms with van der Waals surface area (Å²) in [5.41, 5.74) is -1.58. The van der Waals surface area contributed by atoms with Crippen LogP contribution in [0.1, 0.15) is 11.1 Å². The lowest BCUT2D eigenvalue weighted by Crippen LogP contribution is -2.30. The van der Waals surface area contributed by atoms with Gasteiger partial charge in [0.25, 0.3) is 11.4 Å². The van der Waals surface area contributed by atoms with Gasteiger partial charge in [0.2, 0.25) is 0 Å². The summed E-state index contributed by atoms with van der Waals surface area (Å²) in [4.78, 5) is 76.4. The number of H-pyrrole nitrogens is 4. The third kappa shape index (κ3) is 5.09. The minimum Gasteiger partial charge on any atom is -0.359 e. The van der Waals surface area contributed by atoms with Crippen molar-refractivity contribution in [3.8, 4) is 6.07 Å². The van der Waals surface area contributed by atoms with Gasteiger partial charge in [-0.2, -0.15) is 5.26 Å². The number of benzene rings is 2. The lowest BCUT2D eigenvalue weighted by molar-refractivity contribution is -0.385. The van der Waals surface area contributed by atoms with Crippen molar-refractivity contribution in [3.05, 3.63) is 91.0 Å². The highest BCUT2D eigenvalue weighted by molar-refractivity contribution is 5.90. The number of nitrogens with one attached hydrogen (secondary N) is 4. The van der Waals surface area contributed by atoms with Gasteiger partial charge in [0.05, 0.1) is 49.2 Å². The normalized spacial score (nSPS) is 10.4. The van der Waals surface area contributed by atoms with Gasteiger partial charge in [0.15, 0.2) is 0 Å². The molecular formula is C21H18N8O8. The number of hydrogen-bond acceptors (Lipinski definition) is 10. The largest absolute Gasteiger partial charge is 0.359 e. The van der Waals surface area contributed by atoms with Gasteiger partial charge in [0.1, 0.15) is 6.54 Å². The van der Waals surface area contributed by atoms with Crippen LogP contribution in [-0.4, -0.2) is 43.4 Å². The van der Waals surface area contributed by atoms with E-state index in [0.29, 0.717) is 16.6 Å². The molecule has 0 aliphatic carbocycles. The van der Waals surface area contributed by atoms with Crippen LogP contribution >= 0.6 is 0 Å². The zero-order valence-corrected chi connectivity index (χ0v) is 19.5. The molecule has 4 aromatic rings. The van der Waals surface area contributed by atoms with Crippen molar-refractivity contribution in [1.29, 1.82) is 5.26 Å². The van der Waals surface area contributed by atoms with Gasteiger partial charge in [0, 0.05) is 24.7 Å². The minimum atomic E-state index is -0.896. The van der Waals surface area contributed by atoms with Gasteiger partial charge >= 0.3 is 22.2 Å². The molecule has 0 bridgehead atoms. The van der Waals surface area contributed by atoms with Gasteiger partial charge in [-0.1, -0.05) is 0 Å². The first-order chi connectivity index (χ1) is 17.3. The van der Waals surface area contributed by atoms with Gasteiger partial charge in [-0.15, -0.1) is 0 Å². The second kappa shape index (κ2) is 9.95. The average Bonchev–Trinajstić information content (AvgIpc) is 2.81. The Bertz CT molecular complexity index is 1860. The maximum atomic E-state index is 11.4. The number of aromatic nitrogens is 4. The molecule has 0 fully saturated rings. The summed E-state index contributed by atoms with van der Waals surface area (Å²) >= 11 is 0. The monoisotopic (exact) mass is 510 g/mol. The predicted molar refractivity (Wildman–Crippen MR) is 132 cm³/mol. The lowest BCUT2D eigenvalue weighted by Gasteiger charge is -2.16. The van der Waals surface area contributed by atoms with Crippen LogP contribution in [0.15, 0.2) is 37.4 Å². The molecule has 4 N–H and O–H groups in total. The zero-order valence-electron chi connectivity index (χ0n) is 19.5. The second-order valence-electron chi connectivity index (χ2n) is 7.82. The van der Waals surface area contributed by atoms with E-state index in [4.69, 9.17) is 5.26 Å². The number of aryl methyl sites for hydroxylation is 2. The van der Waals surface area contributed by atoms with Crippen molar-refractivity contribution < 1.29 is 9.85 Å². The summed E-state index contributed by atoms with van der Waals surface area (Å²) in [5.74, 6) is 0. The number of nitrogens with zero attached hydrogens (tertiary/aromatic N) is 4. The van der Waals surface area contributed by atoms with E-state index < -0.39 is 32.1 Å². The number of non-ortho nitro benzene ring substituents is 1. The smallest absolute Gasteiger partial charge is 0.314 e. The number of nitriles is 1. The zero-order chi connectivity index (χ0) is 27.6. The first-order valence-electron chi connectivity index (χ1n) is 10.3. The quantitative estimate of drug-likeness (QED) is 0.130. The highest BCUT2D eigenvalue weighted by atomic mass is 16.6. The molecule has 0 aliphatic rings. The second-order valence-corrected chi connectivity index (χ2v) is 7.82. The Hall–Kier alpha value is -5.59. The Balaban J connectivity index is 0.000000208. The molecule has 16 heteroatoms. The van der Waals surface area contributed by atoms with Crippen molar-refractivity contribution in [3.63, 3.8) is 0 Å². The van der Waals surface area contributed by atoms with E-state index in [1.54, 1.807) is 14.0 Å². The summed E-state index contributed by atoms with van der Waals surface area (Å²) < 4.78 is 0. The first-order valence-corrected chi connectivity index (χ1v) is 10.3. The van der Waals surface area contributed by atoms with Gasteiger partial charge in [-0.3, -0.25) is 39.4 Å². The third-order valence-electron chi connectivity index (χ3n) is 5.33. The average molecular weight is 510 g/mol.